The number of hydrogen-bond donors (Lipinski definition) is 1. The van der Waals surface area contributed by atoms with Crippen molar-refractivity contribution in [2.45, 2.75) is 51.0 Å². The van der Waals surface area contributed by atoms with Crippen LogP contribution in [0.5, 0.6) is 11.5 Å². The quantitative estimate of drug-likeness (QED) is 0.676. The van der Waals surface area contributed by atoms with Gasteiger partial charge >= 0.3 is 0 Å². The van der Waals surface area contributed by atoms with Crippen LogP contribution in [0, 0.1) is 5.92 Å². The zero-order valence-corrected chi connectivity index (χ0v) is 19.6. The van der Waals surface area contributed by atoms with Crippen LogP contribution in [0.15, 0.2) is 42.5 Å². The first kappa shape index (κ1) is 23.1. The summed E-state index contributed by atoms with van der Waals surface area (Å²) in [5.41, 5.74) is 2.19. The molecule has 0 bridgehead atoms. The molecule has 2 aromatic rings. The molecule has 0 spiro atoms. The Balaban J connectivity index is 1.34. The Morgan fingerprint density at radius 2 is 1.67 bits per heavy atom. The second kappa shape index (κ2) is 10.7. The lowest BCUT2D eigenvalue weighted by atomic mass is 9.78. The molecule has 2 amide bonds. The number of rotatable bonds is 7. The average Bonchev–Trinajstić information content (AvgIpc) is 2.87. The van der Waals surface area contributed by atoms with Gasteiger partial charge in [-0.1, -0.05) is 12.8 Å². The number of carbonyl (C=O) groups excluding carboxylic acids is 2. The van der Waals surface area contributed by atoms with E-state index in [-0.39, 0.29) is 11.8 Å². The van der Waals surface area contributed by atoms with Gasteiger partial charge in [-0.25, -0.2) is 0 Å². The third kappa shape index (κ3) is 5.32. The summed E-state index contributed by atoms with van der Waals surface area (Å²) in [4.78, 5) is 27.9. The van der Waals surface area contributed by atoms with Crippen molar-refractivity contribution in [2.75, 3.05) is 27.3 Å². The first-order valence-electron chi connectivity index (χ1n) is 12.0. The summed E-state index contributed by atoms with van der Waals surface area (Å²) in [5, 5.41) is 2.95. The van der Waals surface area contributed by atoms with E-state index in [9.17, 15) is 9.59 Å². The van der Waals surface area contributed by atoms with Gasteiger partial charge in [0.05, 0.1) is 14.2 Å². The minimum Gasteiger partial charge on any atom is -0.497 e. The molecule has 33 heavy (non-hydrogen) atoms. The van der Waals surface area contributed by atoms with Crippen LogP contribution in [0.1, 0.15) is 64.8 Å². The summed E-state index contributed by atoms with van der Waals surface area (Å²) >= 11 is 0. The van der Waals surface area contributed by atoms with Crippen LogP contribution in [0.2, 0.25) is 0 Å². The van der Waals surface area contributed by atoms with E-state index < -0.39 is 0 Å². The lowest BCUT2D eigenvalue weighted by Crippen LogP contribution is -2.49. The van der Waals surface area contributed by atoms with Crippen molar-refractivity contribution >= 4 is 11.8 Å². The number of methoxy groups -OCH3 is 2. The first-order chi connectivity index (χ1) is 16.1. The number of hydrogen-bond acceptors (Lipinski definition) is 4. The van der Waals surface area contributed by atoms with Gasteiger partial charge in [0.25, 0.3) is 11.8 Å². The molecule has 1 aliphatic heterocycles. The van der Waals surface area contributed by atoms with E-state index in [4.69, 9.17) is 9.47 Å². The lowest BCUT2D eigenvalue weighted by molar-refractivity contribution is 0.0390. The van der Waals surface area contributed by atoms with Gasteiger partial charge in [0.15, 0.2) is 0 Å². The van der Waals surface area contributed by atoms with Gasteiger partial charge in [-0.2, -0.15) is 0 Å². The van der Waals surface area contributed by atoms with Gasteiger partial charge in [0.1, 0.15) is 11.5 Å². The lowest BCUT2D eigenvalue weighted by Gasteiger charge is -2.44. The van der Waals surface area contributed by atoms with Gasteiger partial charge in [-0.15, -0.1) is 0 Å². The molecular formula is C27H34N2O4. The number of likely N-dealkylation sites (tertiary alicyclic amines) is 1. The number of piperidine rings is 1. The fourth-order valence-electron chi connectivity index (χ4n) is 5.30. The van der Waals surface area contributed by atoms with Gasteiger partial charge in [0.2, 0.25) is 0 Å². The highest BCUT2D eigenvalue weighted by Gasteiger charge is 2.35. The Morgan fingerprint density at radius 3 is 2.42 bits per heavy atom. The van der Waals surface area contributed by atoms with E-state index in [0.717, 1.165) is 36.4 Å². The zero-order valence-electron chi connectivity index (χ0n) is 19.6. The van der Waals surface area contributed by atoms with Crippen LogP contribution in [0.3, 0.4) is 0 Å². The first-order valence-corrected chi connectivity index (χ1v) is 12.0. The number of carbonyl (C=O) groups is 2. The van der Waals surface area contributed by atoms with Crippen LogP contribution in [0.4, 0.5) is 0 Å². The van der Waals surface area contributed by atoms with Crippen LogP contribution in [-0.4, -0.2) is 50.1 Å². The zero-order chi connectivity index (χ0) is 23.2. The highest BCUT2D eigenvalue weighted by atomic mass is 16.5. The smallest absolute Gasteiger partial charge is 0.254 e. The number of nitrogens with zero attached hydrogens (tertiary/aromatic N) is 1. The van der Waals surface area contributed by atoms with Crippen molar-refractivity contribution in [3.05, 3.63) is 59.2 Å². The fraction of sp³-hybridized carbons (Fsp3) is 0.481. The number of fused-ring (bicyclic) bond motifs is 1. The van der Waals surface area contributed by atoms with Crippen molar-refractivity contribution in [1.82, 2.24) is 10.2 Å². The Bertz CT molecular complexity index is 971. The third-order valence-electron chi connectivity index (χ3n) is 7.07. The Morgan fingerprint density at radius 1 is 0.939 bits per heavy atom. The van der Waals surface area contributed by atoms with Gasteiger partial charge in [-0.05, 0) is 86.1 Å². The maximum atomic E-state index is 13.2. The van der Waals surface area contributed by atoms with E-state index in [1.807, 2.05) is 18.2 Å². The van der Waals surface area contributed by atoms with Crippen LogP contribution in [-0.2, 0) is 6.42 Å². The van der Waals surface area contributed by atoms with Crippen molar-refractivity contribution in [3.63, 3.8) is 0 Å². The van der Waals surface area contributed by atoms with Crippen molar-refractivity contribution in [3.8, 4) is 11.5 Å². The minimum atomic E-state index is -0.152. The molecule has 2 aromatic carbocycles. The van der Waals surface area contributed by atoms with Gasteiger partial charge in [-0.3, -0.25) is 9.59 Å². The van der Waals surface area contributed by atoms with E-state index in [1.54, 1.807) is 38.5 Å². The number of nitrogens with one attached hydrogen (secondary N) is 1. The molecule has 2 unspecified atom stereocenters. The summed E-state index contributed by atoms with van der Waals surface area (Å²) in [6.07, 6.45) is 7.83. The van der Waals surface area contributed by atoms with E-state index in [0.29, 0.717) is 36.1 Å². The second-order valence-electron chi connectivity index (χ2n) is 9.01. The van der Waals surface area contributed by atoms with Crippen LogP contribution < -0.4 is 14.8 Å². The minimum absolute atomic E-state index is 0.101. The molecule has 176 valence electrons. The van der Waals surface area contributed by atoms with Crippen molar-refractivity contribution in [1.29, 1.82) is 0 Å². The standard InChI is InChI=1S/C27H34N2O4/c1-32-23-13-14-25(33-2)22(18-23)15-16-28-26(30)20-9-11-21(12-10-20)27(31)29-17-5-7-19-6-3-4-8-24(19)29/h9-14,18-19,24H,3-8,15-17H2,1-2H3,(H,28,30). The highest BCUT2D eigenvalue weighted by molar-refractivity contribution is 5.98. The molecule has 6 heteroatoms. The molecule has 2 aliphatic rings. The molecule has 1 N–H and O–H groups in total. The SMILES string of the molecule is COc1ccc(OC)c(CCNC(=O)c2ccc(C(=O)N3CCCC4CCCCC43)cc2)c1. The number of benzene rings is 2. The van der Waals surface area contributed by atoms with Crippen LogP contribution >= 0.6 is 0 Å². The number of ether oxygens (including phenoxy) is 2. The van der Waals surface area contributed by atoms with E-state index in [1.165, 1.54) is 25.7 Å². The molecule has 0 aromatic heterocycles. The fourth-order valence-corrected chi connectivity index (χ4v) is 5.30. The molecule has 1 heterocycles. The summed E-state index contributed by atoms with van der Waals surface area (Å²) in [6.45, 7) is 1.32. The molecule has 1 aliphatic carbocycles. The molecule has 1 saturated carbocycles. The van der Waals surface area contributed by atoms with Crippen molar-refractivity contribution < 1.29 is 19.1 Å². The molecule has 1 saturated heterocycles. The van der Waals surface area contributed by atoms with E-state index in [2.05, 4.69) is 10.2 Å². The van der Waals surface area contributed by atoms with E-state index >= 15 is 0 Å². The Labute approximate surface area is 196 Å². The van der Waals surface area contributed by atoms with Gasteiger partial charge < -0.3 is 19.7 Å². The Kier molecular flexibility index (Phi) is 7.53. The maximum absolute atomic E-state index is 13.2. The average molecular weight is 451 g/mol. The molecule has 4 rings (SSSR count). The molecule has 2 atom stereocenters. The van der Waals surface area contributed by atoms with Crippen LogP contribution in [0.25, 0.3) is 0 Å². The summed E-state index contributed by atoms with van der Waals surface area (Å²) in [7, 11) is 3.26. The molecular weight excluding hydrogens is 416 g/mol. The second-order valence-corrected chi connectivity index (χ2v) is 9.01. The third-order valence-corrected chi connectivity index (χ3v) is 7.07. The summed E-state index contributed by atoms with van der Waals surface area (Å²) in [5.74, 6) is 2.13. The Hall–Kier alpha value is -3.02. The monoisotopic (exact) mass is 450 g/mol. The summed E-state index contributed by atoms with van der Waals surface area (Å²) in [6, 6.07) is 13.1. The highest BCUT2D eigenvalue weighted by Crippen LogP contribution is 2.36. The topological polar surface area (TPSA) is 67.9 Å². The number of amides is 2. The normalized spacial score (nSPS) is 20.0. The van der Waals surface area contributed by atoms with Gasteiger partial charge in [0, 0.05) is 30.3 Å². The molecule has 0 radical (unpaired) electrons. The van der Waals surface area contributed by atoms with Crippen molar-refractivity contribution in [2.24, 2.45) is 5.92 Å². The largest absolute Gasteiger partial charge is 0.497 e. The predicted molar refractivity (Wildman–Crippen MR) is 128 cm³/mol. The predicted octanol–water partition coefficient (Wildman–Crippen LogP) is 4.47. The summed E-state index contributed by atoms with van der Waals surface area (Å²) < 4.78 is 10.7. The molecule has 6 nitrogen and oxygen atoms in total. The maximum Gasteiger partial charge on any atom is 0.254 e. The molecule has 2 fully saturated rings.